The average molecular weight is 281 g/mol. The Labute approximate surface area is 122 Å². The third kappa shape index (κ3) is 8.30. The molecule has 0 radical (unpaired) electrons. The van der Waals surface area contributed by atoms with Crippen LogP contribution in [0.3, 0.4) is 0 Å². The van der Waals surface area contributed by atoms with Gasteiger partial charge in [-0.1, -0.05) is 12.1 Å². The molecule has 0 bridgehead atoms. The van der Waals surface area contributed by atoms with Crippen molar-refractivity contribution in [1.29, 1.82) is 0 Å². The van der Waals surface area contributed by atoms with Gasteiger partial charge in [-0.3, -0.25) is 0 Å². The maximum Gasteiger partial charge on any atom is 0.0462 e. The molecule has 0 aliphatic carbocycles. The SMILES string of the molecule is COCCCCSc1ccc(CNC(C)(C)C)cc1. The van der Waals surface area contributed by atoms with Crippen molar-refractivity contribution in [1.82, 2.24) is 5.32 Å². The number of rotatable bonds is 8. The number of nitrogens with one attached hydrogen (secondary N) is 1. The third-order valence-electron chi connectivity index (χ3n) is 2.76. The molecule has 0 unspecified atom stereocenters. The van der Waals surface area contributed by atoms with Gasteiger partial charge in [-0.15, -0.1) is 11.8 Å². The van der Waals surface area contributed by atoms with Gasteiger partial charge in [0.2, 0.25) is 0 Å². The fraction of sp³-hybridized carbons (Fsp3) is 0.625. The number of hydrogen-bond donors (Lipinski definition) is 1. The van der Waals surface area contributed by atoms with E-state index in [1.165, 1.54) is 22.6 Å². The van der Waals surface area contributed by atoms with Crippen molar-refractivity contribution in [2.45, 2.75) is 50.6 Å². The predicted molar refractivity (Wildman–Crippen MR) is 84.9 cm³/mol. The number of unbranched alkanes of at least 4 members (excludes halogenated alkanes) is 1. The van der Waals surface area contributed by atoms with Gasteiger partial charge in [0.15, 0.2) is 0 Å². The lowest BCUT2D eigenvalue weighted by atomic mass is 10.1. The highest BCUT2D eigenvalue weighted by Gasteiger charge is 2.07. The minimum atomic E-state index is 0.175. The summed E-state index contributed by atoms with van der Waals surface area (Å²) in [7, 11) is 1.76. The van der Waals surface area contributed by atoms with Crippen molar-refractivity contribution in [2.24, 2.45) is 0 Å². The summed E-state index contributed by atoms with van der Waals surface area (Å²) in [6, 6.07) is 8.88. The highest BCUT2D eigenvalue weighted by atomic mass is 32.2. The molecule has 2 nitrogen and oxygen atoms in total. The fourth-order valence-electron chi connectivity index (χ4n) is 1.61. The predicted octanol–water partition coefficient (Wildman–Crippen LogP) is 4.09. The number of methoxy groups -OCH3 is 1. The Morgan fingerprint density at radius 1 is 1.11 bits per heavy atom. The summed E-state index contributed by atoms with van der Waals surface area (Å²) < 4.78 is 5.05. The Morgan fingerprint density at radius 3 is 2.37 bits per heavy atom. The molecule has 19 heavy (non-hydrogen) atoms. The van der Waals surface area contributed by atoms with Crippen molar-refractivity contribution in [3.05, 3.63) is 29.8 Å². The van der Waals surface area contributed by atoms with Crippen molar-refractivity contribution in [3.63, 3.8) is 0 Å². The molecule has 1 aromatic carbocycles. The van der Waals surface area contributed by atoms with Crippen molar-refractivity contribution in [2.75, 3.05) is 19.5 Å². The van der Waals surface area contributed by atoms with Crippen molar-refractivity contribution >= 4 is 11.8 Å². The second-order valence-corrected chi connectivity index (χ2v) is 6.96. The van der Waals surface area contributed by atoms with E-state index in [0.29, 0.717) is 0 Å². The molecule has 0 aromatic heterocycles. The van der Waals surface area contributed by atoms with Crippen LogP contribution in [0.4, 0.5) is 0 Å². The third-order valence-corrected chi connectivity index (χ3v) is 3.86. The van der Waals surface area contributed by atoms with E-state index in [9.17, 15) is 0 Å². The largest absolute Gasteiger partial charge is 0.385 e. The molecule has 0 heterocycles. The highest BCUT2D eigenvalue weighted by Crippen LogP contribution is 2.20. The number of ether oxygens (including phenoxy) is 1. The van der Waals surface area contributed by atoms with Crippen molar-refractivity contribution in [3.8, 4) is 0 Å². The molecule has 1 aromatic rings. The first kappa shape index (κ1) is 16.5. The molecule has 1 rings (SSSR count). The maximum atomic E-state index is 5.05. The van der Waals surface area contributed by atoms with Crippen LogP contribution in [0.2, 0.25) is 0 Å². The summed E-state index contributed by atoms with van der Waals surface area (Å²) in [6.07, 6.45) is 2.36. The molecule has 0 aliphatic heterocycles. The zero-order valence-corrected chi connectivity index (χ0v) is 13.5. The van der Waals surface area contributed by atoms with Gasteiger partial charge in [0.25, 0.3) is 0 Å². The fourth-order valence-corrected chi connectivity index (χ4v) is 2.52. The lowest BCUT2D eigenvalue weighted by Crippen LogP contribution is -2.35. The van der Waals surface area contributed by atoms with E-state index in [1.54, 1.807) is 7.11 Å². The molecule has 0 aliphatic rings. The minimum absolute atomic E-state index is 0.175. The van der Waals surface area contributed by atoms with Gasteiger partial charge in [0, 0.05) is 30.7 Å². The molecule has 0 atom stereocenters. The summed E-state index contributed by atoms with van der Waals surface area (Å²) in [5.41, 5.74) is 1.52. The quantitative estimate of drug-likeness (QED) is 0.573. The van der Waals surface area contributed by atoms with Crippen LogP contribution < -0.4 is 5.32 Å². The van der Waals surface area contributed by atoms with Gasteiger partial charge in [0.05, 0.1) is 0 Å². The lowest BCUT2D eigenvalue weighted by molar-refractivity contribution is 0.194. The molecule has 108 valence electrons. The zero-order chi connectivity index (χ0) is 14.1. The smallest absolute Gasteiger partial charge is 0.0462 e. The molecule has 1 N–H and O–H groups in total. The summed E-state index contributed by atoms with van der Waals surface area (Å²) in [4.78, 5) is 1.36. The van der Waals surface area contributed by atoms with Gasteiger partial charge in [-0.05, 0) is 57.1 Å². The van der Waals surface area contributed by atoms with Crippen LogP contribution >= 0.6 is 11.8 Å². The zero-order valence-electron chi connectivity index (χ0n) is 12.7. The number of hydrogen-bond acceptors (Lipinski definition) is 3. The van der Waals surface area contributed by atoms with E-state index in [2.05, 4.69) is 50.4 Å². The molecule has 0 amide bonds. The highest BCUT2D eigenvalue weighted by molar-refractivity contribution is 7.99. The first-order valence-corrected chi connectivity index (χ1v) is 7.95. The Morgan fingerprint density at radius 2 is 1.79 bits per heavy atom. The van der Waals surface area contributed by atoms with Crippen LogP contribution in [-0.4, -0.2) is 25.0 Å². The standard InChI is InChI=1S/C16H27NOS/c1-16(2,3)17-13-14-7-9-15(10-8-14)19-12-6-5-11-18-4/h7-10,17H,5-6,11-13H2,1-4H3. The van der Waals surface area contributed by atoms with Gasteiger partial charge in [-0.2, -0.15) is 0 Å². The monoisotopic (exact) mass is 281 g/mol. The van der Waals surface area contributed by atoms with E-state index < -0.39 is 0 Å². The van der Waals surface area contributed by atoms with Gasteiger partial charge in [0.1, 0.15) is 0 Å². The summed E-state index contributed by atoms with van der Waals surface area (Å²) in [5, 5.41) is 3.50. The normalized spacial score (nSPS) is 11.8. The lowest BCUT2D eigenvalue weighted by Gasteiger charge is -2.20. The molecule has 0 saturated carbocycles. The molecule has 3 heteroatoms. The number of thioether (sulfide) groups is 1. The summed E-state index contributed by atoms with van der Waals surface area (Å²) in [5.74, 6) is 1.17. The van der Waals surface area contributed by atoms with Crippen LogP contribution in [0.5, 0.6) is 0 Å². The molecular weight excluding hydrogens is 254 g/mol. The Hall–Kier alpha value is -0.510. The van der Waals surface area contributed by atoms with E-state index in [-0.39, 0.29) is 5.54 Å². The summed E-state index contributed by atoms with van der Waals surface area (Å²) in [6.45, 7) is 8.38. The van der Waals surface area contributed by atoms with Crippen LogP contribution in [0.15, 0.2) is 29.2 Å². The topological polar surface area (TPSA) is 21.3 Å². The maximum absolute atomic E-state index is 5.05. The van der Waals surface area contributed by atoms with Crippen LogP contribution in [0.1, 0.15) is 39.2 Å². The van der Waals surface area contributed by atoms with E-state index in [4.69, 9.17) is 4.74 Å². The van der Waals surface area contributed by atoms with Gasteiger partial charge < -0.3 is 10.1 Å². The Balaban J connectivity index is 2.27. The first-order valence-electron chi connectivity index (χ1n) is 6.97. The average Bonchev–Trinajstić information content (AvgIpc) is 2.37. The van der Waals surface area contributed by atoms with E-state index in [0.717, 1.165) is 19.6 Å². The van der Waals surface area contributed by atoms with Gasteiger partial charge >= 0.3 is 0 Å². The van der Waals surface area contributed by atoms with E-state index in [1.807, 2.05) is 11.8 Å². The van der Waals surface area contributed by atoms with E-state index >= 15 is 0 Å². The molecule has 0 saturated heterocycles. The first-order chi connectivity index (χ1) is 9.01. The molecule has 0 spiro atoms. The van der Waals surface area contributed by atoms with Crippen LogP contribution in [0, 0.1) is 0 Å². The van der Waals surface area contributed by atoms with Crippen LogP contribution in [0.25, 0.3) is 0 Å². The van der Waals surface area contributed by atoms with Crippen molar-refractivity contribution < 1.29 is 4.74 Å². The van der Waals surface area contributed by atoms with Crippen LogP contribution in [-0.2, 0) is 11.3 Å². The Bertz CT molecular complexity index is 343. The second-order valence-electron chi connectivity index (χ2n) is 5.80. The van der Waals surface area contributed by atoms with Gasteiger partial charge in [-0.25, -0.2) is 0 Å². The second kappa shape index (κ2) is 8.62. The summed E-state index contributed by atoms with van der Waals surface area (Å²) >= 11 is 1.93. The molecule has 0 fully saturated rings. The number of benzene rings is 1. The molecular formula is C16H27NOS. The minimum Gasteiger partial charge on any atom is -0.385 e. The Kier molecular flexibility index (Phi) is 7.51.